The normalized spacial score (nSPS) is 15.5. The van der Waals surface area contributed by atoms with Crippen molar-refractivity contribution in [1.29, 1.82) is 0 Å². The highest BCUT2D eigenvalue weighted by Gasteiger charge is 2.24. The summed E-state index contributed by atoms with van der Waals surface area (Å²) in [7, 11) is 0. The number of hydrogen-bond donors (Lipinski definition) is 1. The maximum absolute atomic E-state index is 10.8. The van der Waals surface area contributed by atoms with Crippen LogP contribution in [0.15, 0.2) is 36.4 Å². The number of non-ortho nitro benzene ring substituents is 1. The van der Waals surface area contributed by atoms with E-state index >= 15 is 0 Å². The SMILES string of the molecule is O=[N+]([O-])c1ccc(-c2c(Cl)ccc(O)c2C2CCCCC2)cc1. The summed E-state index contributed by atoms with van der Waals surface area (Å²) in [5.74, 6) is 0.544. The van der Waals surface area contributed by atoms with Gasteiger partial charge in [0, 0.05) is 28.3 Å². The van der Waals surface area contributed by atoms with Gasteiger partial charge in [0.1, 0.15) is 5.75 Å². The van der Waals surface area contributed by atoms with Crippen molar-refractivity contribution in [3.05, 3.63) is 57.1 Å². The topological polar surface area (TPSA) is 63.4 Å². The monoisotopic (exact) mass is 331 g/mol. The van der Waals surface area contributed by atoms with E-state index in [0.717, 1.165) is 42.4 Å². The number of rotatable bonds is 3. The van der Waals surface area contributed by atoms with Crippen molar-refractivity contribution in [2.75, 3.05) is 0 Å². The van der Waals surface area contributed by atoms with Crippen molar-refractivity contribution in [2.24, 2.45) is 0 Å². The highest BCUT2D eigenvalue weighted by molar-refractivity contribution is 6.33. The van der Waals surface area contributed by atoms with E-state index in [-0.39, 0.29) is 17.4 Å². The van der Waals surface area contributed by atoms with Crippen LogP contribution < -0.4 is 0 Å². The average Bonchev–Trinajstić information content (AvgIpc) is 2.57. The second-order valence-corrected chi connectivity index (χ2v) is 6.40. The number of hydrogen-bond acceptors (Lipinski definition) is 3. The molecule has 1 N–H and O–H groups in total. The van der Waals surface area contributed by atoms with E-state index in [4.69, 9.17) is 11.6 Å². The molecule has 0 spiro atoms. The first kappa shape index (κ1) is 15.8. The Kier molecular flexibility index (Phi) is 4.53. The minimum absolute atomic E-state index is 0.0456. The van der Waals surface area contributed by atoms with Crippen molar-refractivity contribution >= 4 is 17.3 Å². The molecule has 5 heteroatoms. The maximum atomic E-state index is 10.8. The quantitative estimate of drug-likeness (QED) is 0.582. The summed E-state index contributed by atoms with van der Waals surface area (Å²) in [6.07, 6.45) is 5.60. The van der Waals surface area contributed by atoms with E-state index in [1.54, 1.807) is 24.3 Å². The zero-order chi connectivity index (χ0) is 16.4. The average molecular weight is 332 g/mol. The lowest BCUT2D eigenvalue weighted by atomic mass is 9.80. The molecule has 0 amide bonds. The smallest absolute Gasteiger partial charge is 0.269 e. The molecule has 0 atom stereocenters. The summed E-state index contributed by atoms with van der Waals surface area (Å²) < 4.78 is 0. The number of aromatic hydroxyl groups is 1. The number of nitrogens with zero attached hydrogens (tertiary/aromatic N) is 1. The molecule has 4 nitrogen and oxygen atoms in total. The number of phenolic OH excluding ortho intramolecular Hbond substituents is 1. The van der Waals surface area contributed by atoms with E-state index < -0.39 is 4.92 Å². The van der Waals surface area contributed by atoms with Gasteiger partial charge >= 0.3 is 0 Å². The molecule has 1 fully saturated rings. The Hall–Kier alpha value is -2.07. The van der Waals surface area contributed by atoms with Crippen LogP contribution >= 0.6 is 11.6 Å². The lowest BCUT2D eigenvalue weighted by molar-refractivity contribution is -0.384. The summed E-state index contributed by atoms with van der Waals surface area (Å²) in [6.45, 7) is 0. The van der Waals surface area contributed by atoms with Crippen LogP contribution in [-0.4, -0.2) is 10.0 Å². The fraction of sp³-hybridized carbons (Fsp3) is 0.333. The van der Waals surface area contributed by atoms with Crippen LogP contribution in [0.3, 0.4) is 0 Å². The van der Waals surface area contributed by atoms with Crippen molar-refractivity contribution in [3.8, 4) is 16.9 Å². The van der Waals surface area contributed by atoms with Crippen molar-refractivity contribution in [2.45, 2.75) is 38.0 Å². The third kappa shape index (κ3) is 3.17. The van der Waals surface area contributed by atoms with Crippen LogP contribution in [0.2, 0.25) is 5.02 Å². The van der Waals surface area contributed by atoms with Crippen molar-refractivity contribution in [1.82, 2.24) is 0 Å². The van der Waals surface area contributed by atoms with Gasteiger partial charge in [-0.3, -0.25) is 10.1 Å². The van der Waals surface area contributed by atoms with Gasteiger partial charge in [-0.05, 0) is 48.6 Å². The first-order valence-corrected chi connectivity index (χ1v) is 8.22. The van der Waals surface area contributed by atoms with Crippen LogP contribution in [0.25, 0.3) is 11.1 Å². The third-order valence-electron chi connectivity index (χ3n) is 4.55. The highest BCUT2D eigenvalue weighted by Crippen LogP contribution is 2.45. The van der Waals surface area contributed by atoms with Crippen LogP contribution in [0.5, 0.6) is 5.75 Å². The first-order valence-electron chi connectivity index (χ1n) is 7.84. The van der Waals surface area contributed by atoms with Crippen molar-refractivity contribution in [3.63, 3.8) is 0 Å². The number of nitro groups is 1. The second-order valence-electron chi connectivity index (χ2n) is 5.99. The molecule has 3 rings (SSSR count). The molecule has 23 heavy (non-hydrogen) atoms. The van der Waals surface area contributed by atoms with Gasteiger partial charge in [-0.25, -0.2) is 0 Å². The minimum Gasteiger partial charge on any atom is -0.508 e. The van der Waals surface area contributed by atoms with Gasteiger partial charge in [0.15, 0.2) is 0 Å². The molecule has 0 bridgehead atoms. The van der Waals surface area contributed by atoms with Gasteiger partial charge in [0.2, 0.25) is 0 Å². The maximum Gasteiger partial charge on any atom is 0.269 e. The Morgan fingerprint density at radius 3 is 2.30 bits per heavy atom. The standard InChI is InChI=1S/C18H18ClNO3/c19-15-10-11-16(21)18(12-4-2-1-3-5-12)17(15)13-6-8-14(9-7-13)20(22)23/h6-12,21H,1-5H2. The Morgan fingerprint density at radius 1 is 1.04 bits per heavy atom. The summed E-state index contributed by atoms with van der Waals surface area (Å²) in [5, 5.41) is 21.8. The zero-order valence-electron chi connectivity index (χ0n) is 12.7. The predicted molar refractivity (Wildman–Crippen MR) is 91.0 cm³/mol. The molecule has 0 radical (unpaired) electrons. The first-order chi connectivity index (χ1) is 11.1. The molecule has 0 aliphatic heterocycles. The van der Waals surface area contributed by atoms with Gasteiger partial charge in [0.05, 0.1) is 4.92 Å². The lowest BCUT2D eigenvalue weighted by Gasteiger charge is -2.26. The fourth-order valence-electron chi connectivity index (χ4n) is 3.43. The fourth-order valence-corrected chi connectivity index (χ4v) is 3.70. The molecule has 0 saturated heterocycles. The Morgan fingerprint density at radius 2 is 1.70 bits per heavy atom. The Labute approximate surface area is 139 Å². The van der Waals surface area contributed by atoms with Crippen LogP contribution in [0.1, 0.15) is 43.6 Å². The summed E-state index contributed by atoms with van der Waals surface area (Å²) in [4.78, 5) is 10.4. The molecular formula is C18H18ClNO3. The number of phenols is 1. The van der Waals surface area contributed by atoms with Crippen LogP contribution in [-0.2, 0) is 0 Å². The van der Waals surface area contributed by atoms with Gasteiger partial charge < -0.3 is 5.11 Å². The molecule has 0 unspecified atom stereocenters. The van der Waals surface area contributed by atoms with E-state index in [1.165, 1.54) is 18.6 Å². The summed E-state index contributed by atoms with van der Waals surface area (Å²) in [6, 6.07) is 9.66. The number of halogens is 1. The van der Waals surface area contributed by atoms with Gasteiger partial charge in [0.25, 0.3) is 5.69 Å². The molecule has 0 heterocycles. The zero-order valence-corrected chi connectivity index (χ0v) is 13.4. The molecule has 2 aromatic carbocycles. The van der Waals surface area contributed by atoms with Gasteiger partial charge in [-0.2, -0.15) is 0 Å². The summed E-state index contributed by atoms with van der Waals surface area (Å²) >= 11 is 6.41. The molecule has 0 aromatic heterocycles. The van der Waals surface area contributed by atoms with E-state index in [9.17, 15) is 15.2 Å². The van der Waals surface area contributed by atoms with Crippen LogP contribution in [0.4, 0.5) is 5.69 Å². The second kappa shape index (κ2) is 6.59. The third-order valence-corrected chi connectivity index (χ3v) is 4.87. The number of nitro benzene ring substituents is 1. The molecule has 2 aromatic rings. The van der Waals surface area contributed by atoms with Gasteiger partial charge in [-0.1, -0.05) is 30.9 Å². The predicted octanol–water partition coefficient (Wildman–Crippen LogP) is 5.67. The minimum atomic E-state index is -0.421. The molecule has 120 valence electrons. The highest BCUT2D eigenvalue weighted by atomic mass is 35.5. The molecular weight excluding hydrogens is 314 g/mol. The van der Waals surface area contributed by atoms with E-state index in [2.05, 4.69) is 0 Å². The van der Waals surface area contributed by atoms with Crippen LogP contribution in [0, 0.1) is 10.1 Å². The van der Waals surface area contributed by atoms with E-state index in [0.29, 0.717) is 5.02 Å². The Bertz CT molecular complexity index is 722. The Balaban J connectivity index is 2.10. The molecule has 1 aliphatic rings. The number of benzene rings is 2. The van der Waals surface area contributed by atoms with E-state index in [1.807, 2.05) is 0 Å². The summed E-state index contributed by atoms with van der Waals surface area (Å²) in [5.41, 5.74) is 2.53. The largest absolute Gasteiger partial charge is 0.508 e. The lowest BCUT2D eigenvalue weighted by Crippen LogP contribution is -2.07. The van der Waals surface area contributed by atoms with Crippen molar-refractivity contribution < 1.29 is 10.0 Å². The van der Waals surface area contributed by atoms with Gasteiger partial charge in [-0.15, -0.1) is 0 Å². The molecule has 1 saturated carbocycles. The molecule has 1 aliphatic carbocycles.